The molecule has 3 N–H and O–H groups in total. The summed E-state index contributed by atoms with van der Waals surface area (Å²) >= 11 is 0. The number of benzene rings is 3. The van der Waals surface area contributed by atoms with E-state index in [2.05, 4.69) is 0 Å². The number of fused-ring (bicyclic) bond motifs is 1. The first-order valence-corrected chi connectivity index (χ1v) is 7.76. The molecule has 0 aliphatic heterocycles. The van der Waals surface area contributed by atoms with Crippen molar-refractivity contribution in [1.82, 2.24) is 0 Å². The second-order valence-corrected chi connectivity index (χ2v) is 6.01. The fraction of sp³-hybridized carbons (Fsp3) is 0.150. The first-order chi connectivity index (χ1) is 11.5. The maximum Gasteiger partial charge on any atom is 0.248 e. The molecule has 1 unspecified atom stereocenters. The van der Waals surface area contributed by atoms with Gasteiger partial charge in [0.2, 0.25) is 5.91 Å². The van der Waals surface area contributed by atoms with Crippen molar-refractivity contribution in [2.24, 2.45) is 5.73 Å². The number of hydrogen-bond acceptors (Lipinski definition) is 3. The SMILES string of the molecule is CN(C)c1ccc(C(O)c2cccc(C(N)=O)c2)c2ccccc12. The molecule has 0 radical (unpaired) electrons. The number of nitrogens with two attached hydrogens (primary N) is 1. The monoisotopic (exact) mass is 320 g/mol. The molecule has 0 spiro atoms. The van der Waals surface area contributed by atoms with Gasteiger partial charge in [0.1, 0.15) is 6.10 Å². The first kappa shape index (κ1) is 16.0. The molecule has 0 aliphatic carbocycles. The molecule has 4 nitrogen and oxygen atoms in total. The molecule has 1 atom stereocenters. The molecule has 0 saturated carbocycles. The zero-order valence-electron chi connectivity index (χ0n) is 13.7. The van der Waals surface area contributed by atoms with Crippen LogP contribution in [0, 0.1) is 0 Å². The van der Waals surface area contributed by atoms with Crippen molar-refractivity contribution in [1.29, 1.82) is 0 Å². The van der Waals surface area contributed by atoms with E-state index in [1.165, 1.54) is 0 Å². The highest BCUT2D eigenvalue weighted by molar-refractivity contribution is 5.97. The Kier molecular flexibility index (Phi) is 4.23. The average Bonchev–Trinajstić information content (AvgIpc) is 2.60. The van der Waals surface area contributed by atoms with Gasteiger partial charge in [0.25, 0.3) is 0 Å². The molecule has 0 aromatic heterocycles. The van der Waals surface area contributed by atoms with Crippen LogP contribution < -0.4 is 10.6 Å². The van der Waals surface area contributed by atoms with Gasteiger partial charge in [-0.25, -0.2) is 0 Å². The van der Waals surface area contributed by atoms with Crippen molar-refractivity contribution in [3.05, 3.63) is 77.4 Å². The van der Waals surface area contributed by atoms with Crippen LogP contribution in [0.4, 0.5) is 5.69 Å². The summed E-state index contributed by atoms with van der Waals surface area (Å²) in [6.07, 6.45) is -0.828. The first-order valence-electron chi connectivity index (χ1n) is 7.76. The quantitative estimate of drug-likeness (QED) is 0.776. The Bertz CT molecular complexity index is 903. The molecule has 122 valence electrons. The lowest BCUT2D eigenvalue weighted by molar-refractivity contribution is 0.1000. The van der Waals surface area contributed by atoms with Crippen molar-refractivity contribution >= 4 is 22.4 Å². The van der Waals surface area contributed by atoms with Crippen molar-refractivity contribution in [3.8, 4) is 0 Å². The summed E-state index contributed by atoms with van der Waals surface area (Å²) in [5.74, 6) is -0.503. The van der Waals surface area contributed by atoms with Crippen LogP contribution in [0.25, 0.3) is 10.8 Å². The number of carbonyl (C=O) groups is 1. The molecule has 0 saturated heterocycles. The van der Waals surface area contributed by atoms with Crippen LogP contribution in [0.1, 0.15) is 27.6 Å². The van der Waals surface area contributed by atoms with E-state index in [1.54, 1.807) is 24.3 Å². The Balaban J connectivity index is 2.14. The van der Waals surface area contributed by atoms with Gasteiger partial charge in [0, 0.05) is 30.7 Å². The number of anilines is 1. The molecule has 1 amide bonds. The maximum atomic E-state index is 11.4. The van der Waals surface area contributed by atoms with Crippen molar-refractivity contribution < 1.29 is 9.90 Å². The lowest BCUT2D eigenvalue weighted by atomic mass is 9.94. The number of rotatable bonds is 4. The van der Waals surface area contributed by atoms with Gasteiger partial charge in [0.05, 0.1) is 0 Å². The number of carbonyl (C=O) groups excluding carboxylic acids is 1. The predicted molar refractivity (Wildman–Crippen MR) is 97.3 cm³/mol. The number of nitrogens with zero attached hydrogens (tertiary/aromatic N) is 1. The summed E-state index contributed by atoms with van der Waals surface area (Å²) in [6.45, 7) is 0. The van der Waals surface area contributed by atoms with Crippen LogP contribution in [-0.2, 0) is 0 Å². The van der Waals surface area contributed by atoms with Gasteiger partial charge in [-0.05, 0) is 34.7 Å². The number of primary amides is 1. The molecular formula is C20H20N2O2. The van der Waals surface area contributed by atoms with E-state index in [-0.39, 0.29) is 0 Å². The Morgan fingerprint density at radius 3 is 2.38 bits per heavy atom. The third-order valence-electron chi connectivity index (χ3n) is 4.20. The third kappa shape index (κ3) is 2.84. The van der Waals surface area contributed by atoms with E-state index in [1.807, 2.05) is 55.4 Å². The fourth-order valence-electron chi connectivity index (χ4n) is 2.98. The Labute approximate surface area is 141 Å². The molecule has 0 fully saturated rings. The highest BCUT2D eigenvalue weighted by Crippen LogP contribution is 2.34. The van der Waals surface area contributed by atoms with Gasteiger partial charge in [0.15, 0.2) is 0 Å². The molecule has 0 bridgehead atoms. The lowest BCUT2D eigenvalue weighted by Gasteiger charge is -2.20. The highest BCUT2D eigenvalue weighted by atomic mass is 16.3. The zero-order valence-corrected chi connectivity index (χ0v) is 13.7. The van der Waals surface area contributed by atoms with Crippen molar-refractivity contribution in [2.75, 3.05) is 19.0 Å². The van der Waals surface area contributed by atoms with Gasteiger partial charge >= 0.3 is 0 Å². The number of aliphatic hydroxyl groups excluding tert-OH is 1. The second-order valence-electron chi connectivity index (χ2n) is 6.01. The van der Waals surface area contributed by atoms with Crippen LogP contribution in [-0.4, -0.2) is 25.1 Å². The Hall–Kier alpha value is -2.85. The van der Waals surface area contributed by atoms with Crippen LogP contribution in [0.15, 0.2) is 60.7 Å². The van der Waals surface area contributed by atoms with E-state index < -0.39 is 12.0 Å². The standard InChI is InChI=1S/C20H20N2O2/c1-22(2)18-11-10-17(15-8-3-4-9-16(15)18)19(23)13-6-5-7-14(12-13)20(21)24/h3-12,19,23H,1-2H3,(H2,21,24). The van der Waals surface area contributed by atoms with E-state index >= 15 is 0 Å². The number of hydrogen-bond donors (Lipinski definition) is 2. The van der Waals surface area contributed by atoms with Gasteiger partial charge < -0.3 is 15.7 Å². The smallest absolute Gasteiger partial charge is 0.248 e. The summed E-state index contributed by atoms with van der Waals surface area (Å²) in [6, 6.07) is 18.7. The van der Waals surface area contributed by atoms with E-state index in [0.29, 0.717) is 11.1 Å². The number of aliphatic hydroxyl groups is 1. The third-order valence-corrected chi connectivity index (χ3v) is 4.20. The Morgan fingerprint density at radius 2 is 1.71 bits per heavy atom. The van der Waals surface area contributed by atoms with Gasteiger partial charge in [-0.2, -0.15) is 0 Å². The largest absolute Gasteiger partial charge is 0.384 e. The average molecular weight is 320 g/mol. The minimum Gasteiger partial charge on any atom is -0.384 e. The lowest BCUT2D eigenvalue weighted by Crippen LogP contribution is -2.12. The summed E-state index contributed by atoms with van der Waals surface area (Å²) in [5, 5.41) is 12.9. The minimum absolute atomic E-state index is 0.390. The van der Waals surface area contributed by atoms with E-state index in [9.17, 15) is 9.90 Å². The minimum atomic E-state index is -0.828. The topological polar surface area (TPSA) is 66.6 Å². The summed E-state index contributed by atoms with van der Waals surface area (Å²) in [7, 11) is 3.99. The molecule has 0 heterocycles. The predicted octanol–water partition coefficient (Wildman–Crippen LogP) is 3.09. The second kappa shape index (κ2) is 6.34. The number of amides is 1. The fourth-order valence-corrected chi connectivity index (χ4v) is 2.98. The van der Waals surface area contributed by atoms with Crippen molar-refractivity contribution in [2.45, 2.75) is 6.10 Å². The summed E-state index contributed by atoms with van der Waals surface area (Å²) in [4.78, 5) is 13.4. The van der Waals surface area contributed by atoms with Crippen LogP contribution in [0.2, 0.25) is 0 Å². The molecule has 3 rings (SSSR count). The summed E-state index contributed by atoms with van der Waals surface area (Å²) in [5.41, 5.74) is 8.27. The molecule has 24 heavy (non-hydrogen) atoms. The molecule has 4 heteroatoms. The normalized spacial score (nSPS) is 12.1. The van der Waals surface area contributed by atoms with Crippen molar-refractivity contribution in [3.63, 3.8) is 0 Å². The molecular weight excluding hydrogens is 300 g/mol. The van der Waals surface area contributed by atoms with Crippen LogP contribution in [0.5, 0.6) is 0 Å². The summed E-state index contributed by atoms with van der Waals surface area (Å²) < 4.78 is 0. The van der Waals surface area contributed by atoms with Gasteiger partial charge in [-0.1, -0.05) is 42.5 Å². The molecule has 3 aromatic carbocycles. The molecule has 0 aliphatic rings. The Morgan fingerprint density at radius 1 is 1.00 bits per heavy atom. The van der Waals surface area contributed by atoms with Gasteiger partial charge in [-0.15, -0.1) is 0 Å². The maximum absolute atomic E-state index is 11.4. The van der Waals surface area contributed by atoms with Crippen LogP contribution in [0.3, 0.4) is 0 Å². The zero-order chi connectivity index (χ0) is 17.3. The van der Waals surface area contributed by atoms with E-state index in [0.717, 1.165) is 22.0 Å². The van der Waals surface area contributed by atoms with E-state index in [4.69, 9.17) is 5.73 Å². The molecule has 3 aromatic rings. The van der Waals surface area contributed by atoms with Crippen LogP contribution >= 0.6 is 0 Å². The van der Waals surface area contributed by atoms with Gasteiger partial charge in [-0.3, -0.25) is 4.79 Å². The highest BCUT2D eigenvalue weighted by Gasteiger charge is 2.16.